The molecule has 0 fully saturated rings. The van der Waals surface area contributed by atoms with E-state index in [0.717, 1.165) is 32.8 Å². The highest BCUT2D eigenvalue weighted by atomic mass is 16.5. The summed E-state index contributed by atoms with van der Waals surface area (Å²) in [5.74, 6) is 0. The van der Waals surface area contributed by atoms with Crippen LogP contribution in [0.15, 0.2) is 0 Å². The molecule has 4 nitrogen and oxygen atoms in total. The Morgan fingerprint density at radius 1 is 1.19 bits per heavy atom. The Kier molecular flexibility index (Phi) is 9.92. The maximum atomic E-state index is 5.20. The minimum absolute atomic E-state index is 0.444. The van der Waals surface area contributed by atoms with Gasteiger partial charge in [-0.05, 0) is 47.2 Å². The third-order valence-electron chi connectivity index (χ3n) is 2.54. The monoisotopic (exact) mass is 231 g/mol. The first-order chi connectivity index (χ1) is 7.60. The second kappa shape index (κ2) is 10.0. The maximum absolute atomic E-state index is 5.20. The summed E-state index contributed by atoms with van der Waals surface area (Å²) in [7, 11) is 8.17. The summed E-state index contributed by atoms with van der Waals surface area (Å²) in [6, 6.07) is 0.444. The van der Waals surface area contributed by atoms with E-state index >= 15 is 0 Å². The number of ether oxygens (including phenoxy) is 1. The van der Waals surface area contributed by atoms with E-state index in [9.17, 15) is 0 Å². The van der Waals surface area contributed by atoms with Crippen molar-refractivity contribution in [3.63, 3.8) is 0 Å². The van der Waals surface area contributed by atoms with Crippen LogP contribution in [0.5, 0.6) is 0 Å². The molecule has 0 aliphatic carbocycles. The molecule has 16 heavy (non-hydrogen) atoms. The molecule has 98 valence electrons. The quantitative estimate of drug-likeness (QED) is 0.592. The lowest BCUT2D eigenvalue weighted by Crippen LogP contribution is -2.43. The third kappa shape index (κ3) is 9.09. The third-order valence-corrected chi connectivity index (χ3v) is 2.54. The van der Waals surface area contributed by atoms with Gasteiger partial charge in [-0.1, -0.05) is 6.92 Å². The molecule has 0 saturated heterocycles. The Balaban J connectivity index is 3.67. The van der Waals surface area contributed by atoms with Gasteiger partial charge in [-0.3, -0.25) is 0 Å². The summed E-state index contributed by atoms with van der Waals surface area (Å²) in [6.45, 7) is 7.26. The highest BCUT2D eigenvalue weighted by Gasteiger charge is 2.09. The van der Waals surface area contributed by atoms with Gasteiger partial charge in [0.15, 0.2) is 0 Å². The second-order valence-electron chi connectivity index (χ2n) is 4.63. The van der Waals surface area contributed by atoms with Gasteiger partial charge in [-0.15, -0.1) is 0 Å². The largest absolute Gasteiger partial charge is 0.383 e. The molecule has 1 unspecified atom stereocenters. The van der Waals surface area contributed by atoms with E-state index in [-0.39, 0.29) is 0 Å². The Labute approximate surface area is 101 Å². The molecular weight excluding hydrogens is 202 g/mol. The molecule has 0 bridgehead atoms. The number of likely N-dealkylation sites (N-methyl/N-ethyl adjacent to an activating group) is 2. The van der Waals surface area contributed by atoms with Gasteiger partial charge >= 0.3 is 0 Å². The molecule has 0 aliphatic heterocycles. The van der Waals surface area contributed by atoms with Crippen LogP contribution in [0.1, 0.15) is 13.3 Å². The van der Waals surface area contributed by atoms with Crippen molar-refractivity contribution >= 4 is 0 Å². The van der Waals surface area contributed by atoms with Gasteiger partial charge in [0.05, 0.1) is 6.61 Å². The second-order valence-corrected chi connectivity index (χ2v) is 4.63. The maximum Gasteiger partial charge on any atom is 0.0628 e. The van der Waals surface area contributed by atoms with E-state index in [1.54, 1.807) is 7.11 Å². The van der Waals surface area contributed by atoms with Crippen molar-refractivity contribution in [1.82, 2.24) is 15.1 Å². The van der Waals surface area contributed by atoms with Crippen LogP contribution in [0, 0.1) is 0 Å². The highest BCUT2D eigenvalue weighted by molar-refractivity contribution is 4.69. The smallest absolute Gasteiger partial charge is 0.0628 e. The number of hydrogen-bond acceptors (Lipinski definition) is 4. The van der Waals surface area contributed by atoms with E-state index in [0.29, 0.717) is 6.04 Å². The van der Waals surface area contributed by atoms with E-state index in [1.807, 2.05) is 0 Å². The average Bonchev–Trinajstić information content (AvgIpc) is 2.17. The van der Waals surface area contributed by atoms with Crippen molar-refractivity contribution in [2.75, 3.05) is 61.0 Å². The fourth-order valence-corrected chi connectivity index (χ4v) is 1.79. The molecule has 0 aromatic carbocycles. The lowest BCUT2D eigenvalue weighted by Gasteiger charge is -2.24. The Bertz CT molecular complexity index is 147. The molecule has 0 spiro atoms. The lowest BCUT2D eigenvalue weighted by atomic mass is 10.2. The van der Waals surface area contributed by atoms with Gasteiger partial charge in [0, 0.05) is 19.7 Å². The summed E-state index contributed by atoms with van der Waals surface area (Å²) < 4.78 is 5.20. The summed E-state index contributed by atoms with van der Waals surface area (Å²) >= 11 is 0. The minimum atomic E-state index is 0.444. The molecule has 0 amide bonds. The van der Waals surface area contributed by atoms with Crippen molar-refractivity contribution in [3.05, 3.63) is 0 Å². The van der Waals surface area contributed by atoms with Gasteiger partial charge in [-0.2, -0.15) is 0 Å². The van der Waals surface area contributed by atoms with Crippen LogP contribution in [-0.2, 0) is 4.74 Å². The van der Waals surface area contributed by atoms with E-state index in [1.165, 1.54) is 6.42 Å². The van der Waals surface area contributed by atoms with Crippen LogP contribution in [0.3, 0.4) is 0 Å². The molecule has 0 aliphatic rings. The topological polar surface area (TPSA) is 27.7 Å². The van der Waals surface area contributed by atoms with Crippen LogP contribution in [-0.4, -0.2) is 76.9 Å². The van der Waals surface area contributed by atoms with Crippen molar-refractivity contribution in [1.29, 1.82) is 0 Å². The number of nitrogens with one attached hydrogen (secondary N) is 1. The van der Waals surface area contributed by atoms with Crippen molar-refractivity contribution in [3.8, 4) is 0 Å². The molecule has 0 heterocycles. The first-order valence-corrected chi connectivity index (χ1v) is 6.15. The predicted molar refractivity (Wildman–Crippen MR) is 70.0 cm³/mol. The van der Waals surface area contributed by atoms with Crippen molar-refractivity contribution in [2.24, 2.45) is 0 Å². The zero-order valence-electron chi connectivity index (χ0n) is 11.6. The number of hydrogen-bond donors (Lipinski definition) is 1. The molecule has 0 radical (unpaired) electrons. The van der Waals surface area contributed by atoms with Crippen molar-refractivity contribution < 1.29 is 4.74 Å². The summed E-state index contributed by atoms with van der Waals surface area (Å²) in [5, 5.41) is 3.44. The first kappa shape index (κ1) is 15.8. The van der Waals surface area contributed by atoms with Gasteiger partial charge in [0.1, 0.15) is 0 Å². The molecule has 0 rings (SSSR count). The van der Waals surface area contributed by atoms with Crippen molar-refractivity contribution in [2.45, 2.75) is 19.4 Å². The van der Waals surface area contributed by atoms with E-state index in [2.05, 4.69) is 43.2 Å². The van der Waals surface area contributed by atoms with E-state index in [4.69, 9.17) is 4.74 Å². The van der Waals surface area contributed by atoms with Crippen LogP contribution in [0.2, 0.25) is 0 Å². The SMILES string of the molecule is CCNC(COC)CN(C)CCCN(C)C. The molecule has 0 saturated carbocycles. The zero-order valence-corrected chi connectivity index (χ0v) is 11.6. The first-order valence-electron chi connectivity index (χ1n) is 6.15. The Morgan fingerprint density at radius 2 is 1.88 bits per heavy atom. The Morgan fingerprint density at radius 3 is 2.38 bits per heavy atom. The number of rotatable bonds is 10. The van der Waals surface area contributed by atoms with Gasteiger partial charge in [0.25, 0.3) is 0 Å². The molecule has 4 heteroatoms. The summed E-state index contributed by atoms with van der Waals surface area (Å²) in [6.07, 6.45) is 1.22. The standard InChI is InChI=1S/C12H29N3O/c1-6-13-12(11-16-5)10-15(4)9-7-8-14(2)3/h12-13H,6-11H2,1-5H3. The average molecular weight is 231 g/mol. The number of nitrogens with zero attached hydrogens (tertiary/aromatic N) is 2. The van der Waals surface area contributed by atoms with E-state index < -0.39 is 0 Å². The molecule has 1 N–H and O–H groups in total. The van der Waals surface area contributed by atoms with Crippen LogP contribution in [0.4, 0.5) is 0 Å². The fourth-order valence-electron chi connectivity index (χ4n) is 1.79. The molecule has 0 aromatic heterocycles. The molecule has 0 aromatic rings. The molecular formula is C12H29N3O. The van der Waals surface area contributed by atoms with Crippen LogP contribution < -0.4 is 5.32 Å². The Hall–Kier alpha value is -0.160. The number of methoxy groups -OCH3 is 1. The van der Waals surface area contributed by atoms with Gasteiger partial charge in [-0.25, -0.2) is 0 Å². The highest BCUT2D eigenvalue weighted by Crippen LogP contribution is 1.94. The molecule has 1 atom stereocenters. The fraction of sp³-hybridized carbons (Fsp3) is 1.00. The summed E-state index contributed by atoms with van der Waals surface area (Å²) in [4.78, 5) is 4.60. The normalized spacial score (nSPS) is 13.7. The van der Waals surface area contributed by atoms with Crippen LogP contribution in [0.25, 0.3) is 0 Å². The summed E-state index contributed by atoms with van der Waals surface area (Å²) in [5.41, 5.74) is 0. The van der Waals surface area contributed by atoms with Gasteiger partial charge < -0.3 is 19.9 Å². The lowest BCUT2D eigenvalue weighted by molar-refractivity contribution is 0.145. The zero-order chi connectivity index (χ0) is 12.4. The van der Waals surface area contributed by atoms with Gasteiger partial charge in [0.2, 0.25) is 0 Å². The minimum Gasteiger partial charge on any atom is -0.383 e. The predicted octanol–water partition coefficient (Wildman–Crippen LogP) is 0.494. The van der Waals surface area contributed by atoms with Crippen LogP contribution >= 0.6 is 0 Å².